The molecule has 0 bridgehead atoms. The van der Waals surface area contributed by atoms with Gasteiger partial charge >= 0.3 is 0 Å². The number of nitriles is 1. The third-order valence-electron chi connectivity index (χ3n) is 1.81. The number of pyridine rings is 2. The highest BCUT2D eigenvalue weighted by molar-refractivity contribution is 6.30. The zero-order chi connectivity index (χ0) is 11.4. The van der Waals surface area contributed by atoms with E-state index in [1.807, 2.05) is 6.07 Å². The summed E-state index contributed by atoms with van der Waals surface area (Å²) in [5, 5.41) is 9.32. The maximum Gasteiger partial charge on any atom is 0.163 e. The minimum absolute atomic E-state index is 0.383. The van der Waals surface area contributed by atoms with Crippen LogP contribution in [0.1, 0.15) is 5.56 Å². The third-order valence-corrected chi connectivity index (χ3v) is 2.02. The van der Waals surface area contributed by atoms with Gasteiger partial charge in [0, 0.05) is 18.5 Å². The second-order valence-corrected chi connectivity index (χ2v) is 3.36. The highest BCUT2D eigenvalue weighted by atomic mass is 35.5. The lowest BCUT2D eigenvalue weighted by Crippen LogP contribution is -1.89. The van der Waals surface area contributed by atoms with Gasteiger partial charge in [-0.15, -0.1) is 0 Å². The van der Waals surface area contributed by atoms with Crippen LogP contribution >= 0.6 is 11.6 Å². The van der Waals surface area contributed by atoms with Crippen molar-refractivity contribution in [1.29, 1.82) is 5.26 Å². The zero-order valence-corrected chi connectivity index (χ0v) is 8.85. The second-order valence-electron chi connectivity index (χ2n) is 2.92. The Hall–Kier alpha value is -2.12. The highest BCUT2D eigenvalue weighted by Crippen LogP contribution is 2.24. The van der Waals surface area contributed by atoms with Crippen molar-refractivity contribution >= 4 is 11.6 Å². The molecule has 5 heteroatoms. The van der Waals surface area contributed by atoms with Crippen LogP contribution in [0.4, 0.5) is 0 Å². The SMILES string of the molecule is N#Cc1ccncc1Oc1cncc(Cl)c1. The van der Waals surface area contributed by atoms with Crippen molar-refractivity contribution < 1.29 is 4.74 Å². The van der Waals surface area contributed by atoms with Crippen LogP contribution in [0.2, 0.25) is 5.02 Å². The van der Waals surface area contributed by atoms with Gasteiger partial charge in [0.25, 0.3) is 0 Å². The molecule has 0 amide bonds. The molecule has 0 aromatic carbocycles. The summed E-state index contributed by atoms with van der Waals surface area (Å²) in [4.78, 5) is 7.76. The van der Waals surface area contributed by atoms with Gasteiger partial charge in [-0.25, -0.2) is 0 Å². The van der Waals surface area contributed by atoms with Gasteiger partial charge in [0.2, 0.25) is 0 Å². The minimum Gasteiger partial charge on any atom is -0.453 e. The number of nitrogens with zero attached hydrogens (tertiary/aromatic N) is 3. The summed E-state index contributed by atoms with van der Waals surface area (Å²) >= 11 is 5.76. The predicted octanol–water partition coefficient (Wildman–Crippen LogP) is 2.79. The molecule has 4 nitrogen and oxygen atoms in total. The first-order valence-corrected chi connectivity index (χ1v) is 4.80. The van der Waals surface area contributed by atoms with E-state index in [1.165, 1.54) is 24.8 Å². The summed E-state index contributed by atoms with van der Waals surface area (Å²) in [6, 6.07) is 5.20. The molecule has 0 fully saturated rings. The topological polar surface area (TPSA) is 58.8 Å². The zero-order valence-electron chi connectivity index (χ0n) is 8.09. The molecule has 0 atom stereocenters. The summed E-state index contributed by atoms with van der Waals surface area (Å²) in [7, 11) is 0. The average molecular weight is 232 g/mol. The van der Waals surface area contributed by atoms with Crippen molar-refractivity contribution in [2.45, 2.75) is 0 Å². The van der Waals surface area contributed by atoms with E-state index in [0.717, 1.165) is 0 Å². The molecule has 0 aliphatic rings. The van der Waals surface area contributed by atoms with Gasteiger partial charge in [-0.05, 0) is 6.07 Å². The smallest absolute Gasteiger partial charge is 0.163 e. The van der Waals surface area contributed by atoms with E-state index in [1.54, 1.807) is 12.1 Å². The summed E-state index contributed by atoms with van der Waals surface area (Å²) in [5.74, 6) is 0.853. The number of aromatic nitrogens is 2. The fourth-order valence-electron chi connectivity index (χ4n) is 1.13. The molecular formula is C11H6ClN3O. The Morgan fingerprint density at radius 3 is 2.88 bits per heavy atom. The molecule has 0 aliphatic carbocycles. The first-order valence-electron chi connectivity index (χ1n) is 4.42. The lowest BCUT2D eigenvalue weighted by Gasteiger charge is -2.05. The van der Waals surface area contributed by atoms with Gasteiger partial charge in [0.1, 0.15) is 11.8 Å². The van der Waals surface area contributed by atoms with Gasteiger partial charge < -0.3 is 4.74 Å². The Bertz CT molecular complexity index is 551. The summed E-state index contributed by atoms with van der Waals surface area (Å²) in [6.45, 7) is 0. The Balaban J connectivity index is 2.31. The normalized spacial score (nSPS) is 9.50. The Labute approximate surface area is 97.1 Å². The molecule has 0 saturated heterocycles. The van der Waals surface area contributed by atoms with Gasteiger partial charge in [0.15, 0.2) is 5.75 Å². The summed E-state index contributed by atoms with van der Waals surface area (Å²) < 4.78 is 5.45. The van der Waals surface area contributed by atoms with E-state index in [-0.39, 0.29) is 0 Å². The Morgan fingerprint density at radius 2 is 2.12 bits per heavy atom. The minimum atomic E-state index is 0.383. The van der Waals surface area contributed by atoms with Crippen LogP contribution in [0.5, 0.6) is 11.5 Å². The van der Waals surface area contributed by atoms with Crippen molar-refractivity contribution in [3.05, 3.63) is 47.5 Å². The molecule has 16 heavy (non-hydrogen) atoms. The molecule has 2 rings (SSSR count). The molecule has 0 aliphatic heterocycles. The van der Waals surface area contributed by atoms with Crippen molar-refractivity contribution in [3.63, 3.8) is 0 Å². The quantitative estimate of drug-likeness (QED) is 0.797. The number of rotatable bonds is 2. The van der Waals surface area contributed by atoms with Crippen LogP contribution in [0, 0.1) is 11.3 Å². The lowest BCUT2D eigenvalue weighted by atomic mass is 10.3. The molecule has 2 aromatic rings. The number of halogens is 1. The standard InChI is InChI=1S/C11H6ClN3O/c12-9-3-10(6-15-5-9)16-11-7-14-2-1-8(11)4-13/h1-3,5-7H. The van der Waals surface area contributed by atoms with E-state index in [0.29, 0.717) is 22.1 Å². The van der Waals surface area contributed by atoms with E-state index < -0.39 is 0 Å². The maximum atomic E-state index is 8.85. The monoisotopic (exact) mass is 231 g/mol. The predicted molar refractivity (Wildman–Crippen MR) is 58.3 cm³/mol. The van der Waals surface area contributed by atoms with E-state index in [4.69, 9.17) is 21.6 Å². The van der Waals surface area contributed by atoms with Crippen molar-refractivity contribution in [2.24, 2.45) is 0 Å². The number of ether oxygens (including phenoxy) is 1. The van der Waals surface area contributed by atoms with Crippen molar-refractivity contribution in [3.8, 4) is 17.6 Å². The van der Waals surface area contributed by atoms with Gasteiger partial charge in [-0.1, -0.05) is 11.6 Å². The average Bonchev–Trinajstić information content (AvgIpc) is 2.30. The molecular weight excluding hydrogens is 226 g/mol. The van der Waals surface area contributed by atoms with Crippen LogP contribution in [0.25, 0.3) is 0 Å². The molecule has 2 heterocycles. The van der Waals surface area contributed by atoms with Crippen LogP contribution in [0.15, 0.2) is 36.9 Å². The van der Waals surface area contributed by atoms with Crippen molar-refractivity contribution in [1.82, 2.24) is 9.97 Å². The summed E-state index contributed by atoms with van der Waals surface area (Å²) in [6.07, 6.45) is 6.02. The summed E-state index contributed by atoms with van der Waals surface area (Å²) in [5.41, 5.74) is 0.412. The van der Waals surface area contributed by atoms with Crippen LogP contribution < -0.4 is 4.74 Å². The van der Waals surface area contributed by atoms with Gasteiger partial charge in [-0.3, -0.25) is 9.97 Å². The molecule has 0 N–H and O–H groups in total. The molecule has 2 aromatic heterocycles. The van der Waals surface area contributed by atoms with Gasteiger partial charge in [0.05, 0.1) is 23.0 Å². The second kappa shape index (κ2) is 4.60. The molecule has 0 unspecified atom stereocenters. The number of hydrogen-bond donors (Lipinski definition) is 0. The largest absolute Gasteiger partial charge is 0.453 e. The molecule has 0 spiro atoms. The highest BCUT2D eigenvalue weighted by Gasteiger charge is 2.04. The fourth-order valence-corrected chi connectivity index (χ4v) is 1.29. The first kappa shape index (κ1) is 10.4. The van der Waals surface area contributed by atoms with Crippen LogP contribution in [-0.2, 0) is 0 Å². The van der Waals surface area contributed by atoms with Gasteiger partial charge in [-0.2, -0.15) is 5.26 Å². The van der Waals surface area contributed by atoms with Crippen LogP contribution in [0.3, 0.4) is 0 Å². The van der Waals surface area contributed by atoms with E-state index >= 15 is 0 Å². The van der Waals surface area contributed by atoms with E-state index in [9.17, 15) is 0 Å². The maximum absolute atomic E-state index is 8.85. The lowest BCUT2D eigenvalue weighted by molar-refractivity contribution is 0.476. The van der Waals surface area contributed by atoms with Crippen LogP contribution in [-0.4, -0.2) is 9.97 Å². The number of hydrogen-bond acceptors (Lipinski definition) is 4. The third kappa shape index (κ3) is 2.27. The van der Waals surface area contributed by atoms with E-state index in [2.05, 4.69) is 9.97 Å². The molecule has 0 radical (unpaired) electrons. The molecule has 0 saturated carbocycles. The Kier molecular flexibility index (Phi) is 2.99. The molecule has 78 valence electrons. The van der Waals surface area contributed by atoms with Crippen molar-refractivity contribution in [2.75, 3.05) is 0 Å². The first-order chi connectivity index (χ1) is 7.79. The fraction of sp³-hybridized carbons (Fsp3) is 0. The Morgan fingerprint density at radius 1 is 1.25 bits per heavy atom.